The molecule has 3 saturated heterocycles. The van der Waals surface area contributed by atoms with Crippen molar-refractivity contribution in [3.05, 3.63) is 81.5 Å². The van der Waals surface area contributed by atoms with E-state index in [4.69, 9.17) is 14.2 Å². The fraction of sp³-hybridized carbons (Fsp3) is 0.521. The van der Waals surface area contributed by atoms with Crippen molar-refractivity contribution in [1.82, 2.24) is 29.6 Å². The summed E-state index contributed by atoms with van der Waals surface area (Å²) in [5, 5.41) is 3.91. The lowest BCUT2D eigenvalue weighted by Crippen LogP contribution is -2.52. The molecule has 1 atom stereocenters. The lowest BCUT2D eigenvalue weighted by atomic mass is 9.61. The summed E-state index contributed by atoms with van der Waals surface area (Å²) in [4.78, 5) is 61.9. The standard InChI is InChI=1S/C48H56N6O7/c1-51-27-38(36-21-40(30-4-5-30)49-24-37(36)46(51)57)32-18-42(59-2)39(43(19-32)60-3)28-52-14-10-29(11-15-52)25-53-16-12-48(13-17-53)22-34(23-48)61-33-7-6-31-26-54(47(58)35(31)20-33)41-8-9-44(55)50-45(41)56/h6-7,18-21,24,27,29-30,34,41H,4-5,8-17,22-23,25-26,28H2,1-3H3,(H,50,55,56). The summed E-state index contributed by atoms with van der Waals surface area (Å²) in [6, 6.07) is 11.4. The smallest absolute Gasteiger partial charge is 0.259 e. The molecule has 2 aromatic carbocycles. The number of nitrogens with zero attached hydrogens (tertiary/aromatic N) is 5. The summed E-state index contributed by atoms with van der Waals surface area (Å²) in [5.74, 6) is 2.62. The minimum Gasteiger partial charge on any atom is -0.496 e. The first-order chi connectivity index (χ1) is 29.6. The summed E-state index contributed by atoms with van der Waals surface area (Å²) in [6.45, 7) is 6.58. The molecule has 13 nitrogen and oxygen atoms in total. The minimum absolute atomic E-state index is 0.0488. The molecule has 1 unspecified atom stereocenters. The highest BCUT2D eigenvalue weighted by molar-refractivity contribution is 6.05. The van der Waals surface area contributed by atoms with E-state index in [0.717, 1.165) is 123 Å². The van der Waals surface area contributed by atoms with Gasteiger partial charge >= 0.3 is 0 Å². The number of methoxy groups -OCH3 is 2. The Balaban J connectivity index is 0.707. The maximum Gasteiger partial charge on any atom is 0.259 e. The summed E-state index contributed by atoms with van der Waals surface area (Å²) in [5.41, 5.74) is 5.81. The van der Waals surface area contributed by atoms with Gasteiger partial charge in [-0.05, 0) is 142 Å². The Hall–Kier alpha value is -5.27. The van der Waals surface area contributed by atoms with Crippen LogP contribution in [0.2, 0.25) is 0 Å². The molecule has 4 aromatic rings. The average Bonchev–Trinajstić information content (AvgIpc) is 4.06. The van der Waals surface area contributed by atoms with Gasteiger partial charge in [-0.2, -0.15) is 0 Å². The fourth-order valence-corrected chi connectivity index (χ4v) is 10.8. The number of carbonyl (C=O) groups excluding carboxylic acids is 3. The molecule has 0 bridgehead atoms. The number of benzene rings is 2. The van der Waals surface area contributed by atoms with Crippen molar-refractivity contribution in [3.8, 4) is 28.4 Å². The molecule has 4 aliphatic heterocycles. The van der Waals surface area contributed by atoms with Crippen molar-refractivity contribution in [2.75, 3.05) is 46.9 Å². The first-order valence-electron chi connectivity index (χ1n) is 22.2. The van der Waals surface area contributed by atoms with Gasteiger partial charge in [-0.1, -0.05) is 6.07 Å². The fourth-order valence-electron chi connectivity index (χ4n) is 10.8. The molecule has 1 spiro atoms. The number of piperidine rings is 3. The largest absolute Gasteiger partial charge is 0.496 e. The molecule has 2 aliphatic carbocycles. The second-order valence-electron chi connectivity index (χ2n) is 18.6. The van der Waals surface area contributed by atoms with E-state index in [1.165, 1.54) is 12.8 Å². The lowest BCUT2D eigenvalue weighted by Gasteiger charge is -2.52. The highest BCUT2D eigenvalue weighted by Crippen LogP contribution is 2.51. The molecule has 61 heavy (non-hydrogen) atoms. The van der Waals surface area contributed by atoms with Crippen LogP contribution >= 0.6 is 0 Å². The first-order valence-corrected chi connectivity index (χ1v) is 22.2. The zero-order valence-corrected chi connectivity index (χ0v) is 35.5. The number of imide groups is 1. The number of ether oxygens (including phenoxy) is 3. The van der Waals surface area contributed by atoms with E-state index in [-0.39, 0.29) is 29.9 Å². The summed E-state index contributed by atoms with van der Waals surface area (Å²) < 4.78 is 20.1. The number of likely N-dealkylation sites (tertiary alicyclic amines) is 2. The second-order valence-corrected chi connectivity index (χ2v) is 18.6. The highest BCUT2D eigenvalue weighted by Gasteiger charge is 2.47. The number of nitrogens with one attached hydrogen (secondary N) is 1. The molecule has 5 fully saturated rings. The normalized spacial score (nSPS) is 22.4. The monoisotopic (exact) mass is 828 g/mol. The molecule has 3 amide bonds. The molecule has 6 aliphatic rings. The predicted octanol–water partition coefficient (Wildman–Crippen LogP) is 5.79. The van der Waals surface area contributed by atoms with Crippen LogP contribution in [0, 0.1) is 11.3 Å². The Morgan fingerprint density at radius 3 is 2.26 bits per heavy atom. The quantitative estimate of drug-likeness (QED) is 0.185. The van der Waals surface area contributed by atoms with Gasteiger partial charge in [0.25, 0.3) is 11.5 Å². The molecule has 2 aromatic heterocycles. The van der Waals surface area contributed by atoms with E-state index in [9.17, 15) is 19.2 Å². The molecule has 6 heterocycles. The Morgan fingerprint density at radius 2 is 1.57 bits per heavy atom. The Kier molecular flexibility index (Phi) is 10.4. The number of hydrogen-bond donors (Lipinski definition) is 1. The van der Waals surface area contributed by atoms with E-state index in [1.807, 2.05) is 24.4 Å². The van der Waals surface area contributed by atoms with E-state index in [1.54, 1.807) is 36.9 Å². The average molecular weight is 829 g/mol. The number of amides is 3. The van der Waals surface area contributed by atoms with Crippen molar-refractivity contribution in [2.24, 2.45) is 18.4 Å². The van der Waals surface area contributed by atoms with Crippen molar-refractivity contribution in [1.29, 1.82) is 0 Å². The number of hydrogen-bond acceptors (Lipinski definition) is 10. The van der Waals surface area contributed by atoms with Crippen LogP contribution in [0.3, 0.4) is 0 Å². The molecule has 0 radical (unpaired) electrons. The number of aryl methyl sites for hydroxylation is 1. The summed E-state index contributed by atoms with van der Waals surface area (Å²) in [7, 11) is 5.24. The van der Waals surface area contributed by atoms with Gasteiger partial charge in [0.2, 0.25) is 11.8 Å². The predicted molar refractivity (Wildman–Crippen MR) is 230 cm³/mol. The van der Waals surface area contributed by atoms with Gasteiger partial charge in [-0.15, -0.1) is 0 Å². The zero-order chi connectivity index (χ0) is 42.0. The highest BCUT2D eigenvalue weighted by atomic mass is 16.5. The van der Waals surface area contributed by atoms with Gasteiger partial charge in [0.05, 0.1) is 31.3 Å². The van der Waals surface area contributed by atoms with E-state index >= 15 is 0 Å². The summed E-state index contributed by atoms with van der Waals surface area (Å²) >= 11 is 0. The molecule has 320 valence electrons. The van der Waals surface area contributed by atoms with E-state index < -0.39 is 11.9 Å². The SMILES string of the molecule is COc1cc(-c2cn(C)c(=O)c3cnc(C4CC4)cc23)cc(OC)c1CN1CCC(CN2CCC3(CC2)CC(Oc2ccc4c(c2)C(=O)N(C2CCC(=O)NC2=O)C4)C3)CC1. The van der Waals surface area contributed by atoms with Crippen LogP contribution in [0.5, 0.6) is 17.2 Å². The third kappa shape index (κ3) is 7.68. The van der Waals surface area contributed by atoms with Crippen LogP contribution in [0.4, 0.5) is 0 Å². The van der Waals surface area contributed by atoms with E-state index in [0.29, 0.717) is 46.9 Å². The van der Waals surface area contributed by atoms with Crippen LogP contribution in [0.15, 0.2) is 53.6 Å². The van der Waals surface area contributed by atoms with Crippen LogP contribution < -0.4 is 25.1 Å². The second kappa shape index (κ2) is 15.9. The molecule has 1 N–H and O–H groups in total. The van der Waals surface area contributed by atoms with E-state index in [2.05, 4.69) is 38.3 Å². The van der Waals surface area contributed by atoms with Crippen molar-refractivity contribution in [2.45, 2.75) is 95.4 Å². The van der Waals surface area contributed by atoms with Gasteiger partial charge in [-0.25, -0.2) is 0 Å². The number of carbonyl (C=O) groups is 3. The number of fused-ring (bicyclic) bond motifs is 2. The Morgan fingerprint density at radius 1 is 0.836 bits per heavy atom. The molecule has 2 saturated carbocycles. The third-order valence-corrected chi connectivity index (χ3v) is 14.6. The van der Waals surface area contributed by atoms with Gasteiger partial charge in [0.1, 0.15) is 23.3 Å². The molecule has 10 rings (SSSR count). The number of pyridine rings is 2. The lowest BCUT2D eigenvalue weighted by molar-refractivity contribution is -0.136. The van der Waals surface area contributed by atoms with Crippen molar-refractivity contribution >= 4 is 28.5 Å². The van der Waals surface area contributed by atoms with Crippen LogP contribution in [0.25, 0.3) is 21.9 Å². The van der Waals surface area contributed by atoms with Crippen LogP contribution in [-0.4, -0.2) is 101 Å². The maximum absolute atomic E-state index is 13.3. The zero-order valence-electron chi connectivity index (χ0n) is 35.5. The van der Waals surface area contributed by atoms with Crippen molar-refractivity contribution < 1.29 is 28.6 Å². The third-order valence-electron chi connectivity index (χ3n) is 14.6. The van der Waals surface area contributed by atoms with Gasteiger partial charge in [-0.3, -0.25) is 34.4 Å². The van der Waals surface area contributed by atoms with Gasteiger partial charge in [0.15, 0.2) is 0 Å². The first kappa shape index (κ1) is 39.8. The van der Waals surface area contributed by atoms with Crippen LogP contribution in [0.1, 0.15) is 97.3 Å². The number of aromatic nitrogens is 2. The van der Waals surface area contributed by atoms with Crippen molar-refractivity contribution in [3.63, 3.8) is 0 Å². The van der Waals surface area contributed by atoms with Gasteiger partial charge in [0, 0.05) is 68.2 Å². The Labute approximate surface area is 356 Å². The summed E-state index contributed by atoms with van der Waals surface area (Å²) in [6.07, 6.45) is 13.5. The maximum atomic E-state index is 13.3. The molecule has 13 heteroatoms. The van der Waals surface area contributed by atoms with Crippen LogP contribution in [-0.2, 0) is 29.7 Å². The minimum atomic E-state index is -0.613. The molecular weight excluding hydrogens is 773 g/mol. The molecular formula is C48H56N6O7. The topological polar surface area (TPSA) is 136 Å². The van der Waals surface area contributed by atoms with Gasteiger partial charge < -0.3 is 28.6 Å². The number of rotatable bonds is 11. The Bertz CT molecular complexity index is 2430.